The van der Waals surface area contributed by atoms with E-state index < -0.39 is 0 Å². The van der Waals surface area contributed by atoms with Crippen LogP contribution in [0.1, 0.15) is 29.7 Å². The van der Waals surface area contributed by atoms with Gasteiger partial charge >= 0.3 is 0 Å². The predicted octanol–water partition coefficient (Wildman–Crippen LogP) is 4.00. The highest BCUT2D eigenvalue weighted by molar-refractivity contribution is 6.29. The SMILES string of the molecule is CCc1ccc(CC(NC)c2ccoc2Cl)cc1. The molecule has 1 unspecified atom stereocenters. The molecule has 1 aromatic heterocycles. The molecule has 0 bridgehead atoms. The molecule has 18 heavy (non-hydrogen) atoms. The number of halogens is 1. The minimum Gasteiger partial charge on any atom is -0.453 e. The molecule has 1 atom stereocenters. The molecule has 0 aliphatic rings. The summed E-state index contributed by atoms with van der Waals surface area (Å²) in [5, 5.41) is 3.75. The summed E-state index contributed by atoms with van der Waals surface area (Å²) in [4.78, 5) is 0. The van der Waals surface area contributed by atoms with Gasteiger partial charge in [0.25, 0.3) is 0 Å². The summed E-state index contributed by atoms with van der Waals surface area (Å²) < 4.78 is 5.15. The second-order valence-corrected chi connectivity index (χ2v) is 4.71. The Morgan fingerprint density at radius 2 is 1.83 bits per heavy atom. The van der Waals surface area contributed by atoms with E-state index in [0.29, 0.717) is 5.22 Å². The average Bonchev–Trinajstić information content (AvgIpc) is 2.83. The van der Waals surface area contributed by atoms with Gasteiger partial charge in [0.15, 0.2) is 5.22 Å². The number of aryl methyl sites for hydroxylation is 1. The van der Waals surface area contributed by atoms with E-state index in [1.165, 1.54) is 11.1 Å². The molecule has 2 nitrogen and oxygen atoms in total. The Bertz CT molecular complexity index is 489. The van der Waals surface area contributed by atoms with E-state index in [1.807, 2.05) is 13.1 Å². The molecular weight excluding hydrogens is 246 g/mol. The highest BCUT2D eigenvalue weighted by atomic mass is 35.5. The van der Waals surface area contributed by atoms with Crippen molar-refractivity contribution in [3.05, 3.63) is 58.5 Å². The van der Waals surface area contributed by atoms with Crippen molar-refractivity contribution in [3.63, 3.8) is 0 Å². The molecule has 0 aliphatic heterocycles. The van der Waals surface area contributed by atoms with Crippen LogP contribution in [0.5, 0.6) is 0 Å². The maximum Gasteiger partial charge on any atom is 0.197 e. The van der Waals surface area contributed by atoms with E-state index in [1.54, 1.807) is 6.26 Å². The number of likely N-dealkylation sites (N-methyl/N-ethyl adjacent to an activating group) is 1. The number of hydrogen-bond acceptors (Lipinski definition) is 2. The highest BCUT2D eigenvalue weighted by Crippen LogP contribution is 2.26. The van der Waals surface area contributed by atoms with Gasteiger partial charge in [-0.05, 0) is 48.7 Å². The van der Waals surface area contributed by atoms with Crippen LogP contribution >= 0.6 is 11.6 Å². The highest BCUT2D eigenvalue weighted by Gasteiger charge is 2.15. The lowest BCUT2D eigenvalue weighted by Crippen LogP contribution is -2.18. The Balaban J connectivity index is 2.13. The second-order valence-electron chi connectivity index (χ2n) is 4.37. The first-order valence-electron chi connectivity index (χ1n) is 6.22. The van der Waals surface area contributed by atoms with Gasteiger partial charge in [-0.2, -0.15) is 0 Å². The van der Waals surface area contributed by atoms with Crippen molar-refractivity contribution in [2.75, 3.05) is 7.05 Å². The smallest absolute Gasteiger partial charge is 0.197 e. The van der Waals surface area contributed by atoms with Gasteiger partial charge in [0.1, 0.15) is 0 Å². The third-order valence-corrected chi connectivity index (χ3v) is 3.55. The molecule has 96 valence electrons. The van der Waals surface area contributed by atoms with Crippen molar-refractivity contribution in [1.29, 1.82) is 0 Å². The van der Waals surface area contributed by atoms with Crippen LogP contribution in [0.2, 0.25) is 5.22 Å². The van der Waals surface area contributed by atoms with Crippen molar-refractivity contribution < 1.29 is 4.42 Å². The molecule has 0 radical (unpaired) electrons. The Morgan fingerprint density at radius 1 is 1.17 bits per heavy atom. The zero-order chi connectivity index (χ0) is 13.0. The molecule has 3 heteroatoms. The molecule has 1 heterocycles. The van der Waals surface area contributed by atoms with Crippen LogP contribution in [0, 0.1) is 0 Å². The van der Waals surface area contributed by atoms with Gasteiger partial charge in [0, 0.05) is 11.6 Å². The Morgan fingerprint density at radius 3 is 2.33 bits per heavy atom. The van der Waals surface area contributed by atoms with E-state index in [-0.39, 0.29) is 6.04 Å². The van der Waals surface area contributed by atoms with E-state index in [9.17, 15) is 0 Å². The van der Waals surface area contributed by atoms with Crippen molar-refractivity contribution in [2.45, 2.75) is 25.8 Å². The van der Waals surface area contributed by atoms with Crippen LogP contribution in [-0.4, -0.2) is 7.05 Å². The summed E-state index contributed by atoms with van der Waals surface area (Å²) in [6.07, 6.45) is 3.60. The van der Waals surface area contributed by atoms with Gasteiger partial charge in [-0.15, -0.1) is 0 Å². The first-order valence-corrected chi connectivity index (χ1v) is 6.60. The van der Waals surface area contributed by atoms with E-state index in [4.69, 9.17) is 16.0 Å². The Kier molecular flexibility index (Phi) is 4.45. The Labute approximate surface area is 113 Å². The lowest BCUT2D eigenvalue weighted by atomic mass is 10.00. The molecular formula is C15H18ClNO. The van der Waals surface area contributed by atoms with E-state index >= 15 is 0 Å². The van der Waals surface area contributed by atoms with Crippen LogP contribution in [-0.2, 0) is 12.8 Å². The minimum absolute atomic E-state index is 0.184. The molecule has 0 fully saturated rings. The third kappa shape index (κ3) is 2.95. The summed E-state index contributed by atoms with van der Waals surface area (Å²) in [6.45, 7) is 2.16. The third-order valence-electron chi connectivity index (χ3n) is 3.24. The summed E-state index contributed by atoms with van der Waals surface area (Å²) in [5.74, 6) is 0. The summed E-state index contributed by atoms with van der Waals surface area (Å²) in [7, 11) is 1.94. The number of nitrogens with one attached hydrogen (secondary N) is 1. The van der Waals surface area contributed by atoms with Gasteiger partial charge < -0.3 is 9.73 Å². The molecule has 2 aromatic rings. The van der Waals surface area contributed by atoms with Crippen LogP contribution in [0.15, 0.2) is 41.0 Å². The van der Waals surface area contributed by atoms with Crippen LogP contribution in [0.3, 0.4) is 0 Å². The maximum absolute atomic E-state index is 6.02. The lowest BCUT2D eigenvalue weighted by Gasteiger charge is -2.15. The van der Waals surface area contributed by atoms with Gasteiger partial charge in [0.2, 0.25) is 0 Å². The Hall–Kier alpha value is -1.25. The summed E-state index contributed by atoms with van der Waals surface area (Å²) in [6, 6.07) is 10.8. The number of benzene rings is 1. The molecule has 0 saturated carbocycles. The molecule has 1 aromatic carbocycles. The van der Waals surface area contributed by atoms with E-state index in [2.05, 4.69) is 36.5 Å². The van der Waals surface area contributed by atoms with E-state index in [0.717, 1.165) is 18.4 Å². The van der Waals surface area contributed by atoms with Crippen LogP contribution in [0.4, 0.5) is 0 Å². The van der Waals surface area contributed by atoms with Crippen molar-refractivity contribution in [2.24, 2.45) is 0 Å². The van der Waals surface area contributed by atoms with Crippen molar-refractivity contribution in [3.8, 4) is 0 Å². The first kappa shape index (κ1) is 13.2. The first-order chi connectivity index (χ1) is 8.74. The van der Waals surface area contributed by atoms with Crippen LogP contribution in [0.25, 0.3) is 0 Å². The predicted molar refractivity (Wildman–Crippen MR) is 75.0 cm³/mol. The topological polar surface area (TPSA) is 25.2 Å². The second kappa shape index (κ2) is 6.07. The van der Waals surface area contributed by atoms with Crippen molar-refractivity contribution in [1.82, 2.24) is 5.32 Å². The van der Waals surface area contributed by atoms with Gasteiger partial charge in [-0.1, -0.05) is 31.2 Å². The monoisotopic (exact) mass is 263 g/mol. The fraction of sp³-hybridized carbons (Fsp3) is 0.333. The number of rotatable bonds is 5. The minimum atomic E-state index is 0.184. The van der Waals surface area contributed by atoms with Crippen LogP contribution < -0.4 is 5.32 Å². The quantitative estimate of drug-likeness (QED) is 0.882. The molecule has 0 spiro atoms. The summed E-state index contributed by atoms with van der Waals surface area (Å²) >= 11 is 6.02. The standard InChI is InChI=1S/C15H18ClNO/c1-3-11-4-6-12(7-5-11)10-14(17-2)13-8-9-18-15(13)16/h4-9,14,17H,3,10H2,1-2H3. The normalized spacial score (nSPS) is 12.6. The van der Waals surface area contributed by atoms with Gasteiger partial charge in [-0.3, -0.25) is 0 Å². The number of furan rings is 1. The van der Waals surface area contributed by atoms with Crippen molar-refractivity contribution >= 4 is 11.6 Å². The summed E-state index contributed by atoms with van der Waals surface area (Å²) in [5.41, 5.74) is 3.67. The fourth-order valence-electron chi connectivity index (χ4n) is 2.07. The molecule has 0 aliphatic carbocycles. The van der Waals surface area contributed by atoms with Gasteiger partial charge in [0.05, 0.1) is 6.26 Å². The molecule has 2 rings (SSSR count). The lowest BCUT2D eigenvalue weighted by molar-refractivity contribution is 0.544. The van der Waals surface area contributed by atoms with Gasteiger partial charge in [-0.25, -0.2) is 0 Å². The molecule has 0 saturated heterocycles. The zero-order valence-electron chi connectivity index (χ0n) is 10.7. The fourth-order valence-corrected chi connectivity index (χ4v) is 2.31. The zero-order valence-corrected chi connectivity index (χ0v) is 11.5. The number of hydrogen-bond donors (Lipinski definition) is 1. The average molecular weight is 264 g/mol. The molecule has 1 N–H and O–H groups in total. The largest absolute Gasteiger partial charge is 0.453 e. The molecule has 0 amide bonds. The maximum atomic E-state index is 6.02.